The molecular weight excluding hydrogens is 270 g/mol. The van der Waals surface area contributed by atoms with Gasteiger partial charge in [0.2, 0.25) is 0 Å². The summed E-state index contributed by atoms with van der Waals surface area (Å²) in [7, 11) is 0. The monoisotopic (exact) mass is 287 g/mol. The van der Waals surface area contributed by atoms with Crippen molar-refractivity contribution >= 4 is 5.97 Å². The van der Waals surface area contributed by atoms with Gasteiger partial charge in [0, 0.05) is 0 Å². The van der Waals surface area contributed by atoms with E-state index in [0.717, 1.165) is 6.42 Å². The molecule has 0 aliphatic rings. The van der Waals surface area contributed by atoms with Crippen LogP contribution < -0.4 is 9.47 Å². The Morgan fingerprint density at radius 2 is 1.81 bits per heavy atom. The van der Waals surface area contributed by atoms with Crippen molar-refractivity contribution in [1.82, 2.24) is 4.98 Å². The first kappa shape index (κ1) is 14.8. The minimum atomic E-state index is -1.05. The van der Waals surface area contributed by atoms with Gasteiger partial charge in [-0.05, 0) is 30.7 Å². The highest BCUT2D eigenvalue weighted by atomic mass is 16.5. The zero-order chi connectivity index (χ0) is 15.1. The summed E-state index contributed by atoms with van der Waals surface area (Å²) >= 11 is 0. The number of carbonyl (C=O) groups is 1. The van der Waals surface area contributed by atoms with Gasteiger partial charge in [0.05, 0.1) is 12.3 Å². The van der Waals surface area contributed by atoms with Gasteiger partial charge in [-0.1, -0.05) is 25.1 Å². The second-order valence-electron chi connectivity index (χ2n) is 4.40. The first-order valence-electron chi connectivity index (χ1n) is 6.74. The van der Waals surface area contributed by atoms with E-state index in [2.05, 4.69) is 4.98 Å². The lowest BCUT2D eigenvalue weighted by molar-refractivity contribution is 0.0690. The minimum absolute atomic E-state index is 0.00613. The molecule has 110 valence electrons. The summed E-state index contributed by atoms with van der Waals surface area (Å²) in [5, 5.41) is 8.91. The first-order valence-corrected chi connectivity index (χ1v) is 6.74. The average molecular weight is 287 g/mol. The lowest BCUT2D eigenvalue weighted by Gasteiger charge is -2.12. The van der Waals surface area contributed by atoms with E-state index in [1.165, 1.54) is 6.07 Å². The fourth-order valence-electron chi connectivity index (χ4n) is 1.73. The van der Waals surface area contributed by atoms with Crippen molar-refractivity contribution in [2.45, 2.75) is 20.0 Å². The van der Waals surface area contributed by atoms with Crippen molar-refractivity contribution in [3.05, 3.63) is 53.9 Å². The summed E-state index contributed by atoms with van der Waals surface area (Å²) in [5.74, 6) is 0.241. The van der Waals surface area contributed by atoms with Crippen LogP contribution in [0.5, 0.6) is 11.5 Å². The number of aromatic carboxylic acids is 1. The molecule has 5 nitrogen and oxygen atoms in total. The molecule has 2 aromatic rings. The maximum absolute atomic E-state index is 10.9. The van der Waals surface area contributed by atoms with Crippen LogP contribution in [-0.2, 0) is 6.61 Å². The van der Waals surface area contributed by atoms with E-state index >= 15 is 0 Å². The van der Waals surface area contributed by atoms with Crippen LogP contribution in [0.4, 0.5) is 0 Å². The molecular formula is C16H17NO4. The van der Waals surface area contributed by atoms with Gasteiger partial charge in [-0.25, -0.2) is 9.78 Å². The molecule has 0 aliphatic heterocycles. The Morgan fingerprint density at radius 1 is 1.10 bits per heavy atom. The summed E-state index contributed by atoms with van der Waals surface area (Å²) in [5.41, 5.74) is 0.562. The van der Waals surface area contributed by atoms with E-state index in [4.69, 9.17) is 14.6 Å². The molecule has 5 heteroatoms. The van der Waals surface area contributed by atoms with Crippen LogP contribution in [0.25, 0.3) is 0 Å². The van der Waals surface area contributed by atoms with Crippen molar-refractivity contribution in [1.29, 1.82) is 0 Å². The molecule has 0 saturated heterocycles. The molecule has 0 aliphatic carbocycles. The Bertz CT molecular complexity index is 613. The molecule has 0 bridgehead atoms. The van der Waals surface area contributed by atoms with Crippen molar-refractivity contribution in [3.8, 4) is 11.5 Å². The summed E-state index contributed by atoms with van der Waals surface area (Å²) in [6.07, 6.45) is 0.913. The molecule has 1 aromatic carbocycles. The molecule has 0 fully saturated rings. The highest BCUT2D eigenvalue weighted by molar-refractivity contribution is 5.85. The third kappa shape index (κ3) is 4.21. The van der Waals surface area contributed by atoms with Gasteiger partial charge in [0.25, 0.3) is 0 Å². The molecule has 1 heterocycles. The lowest BCUT2D eigenvalue weighted by atomic mass is 10.3. The first-order chi connectivity index (χ1) is 10.2. The van der Waals surface area contributed by atoms with Gasteiger partial charge in [-0.3, -0.25) is 0 Å². The van der Waals surface area contributed by atoms with Gasteiger partial charge < -0.3 is 14.6 Å². The summed E-state index contributed by atoms with van der Waals surface area (Å²) in [4.78, 5) is 14.9. The summed E-state index contributed by atoms with van der Waals surface area (Å²) < 4.78 is 11.3. The van der Waals surface area contributed by atoms with Crippen LogP contribution in [0.15, 0.2) is 42.5 Å². The maximum Gasteiger partial charge on any atom is 0.354 e. The number of benzene rings is 1. The van der Waals surface area contributed by atoms with Crippen LogP contribution in [-0.4, -0.2) is 22.7 Å². The second-order valence-corrected chi connectivity index (χ2v) is 4.40. The topological polar surface area (TPSA) is 68.7 Å². The van der Waals surface area contributed by atoms with Crippen LogP contribution in [0.1, 0.15) is 29.5 Å². The number of hydrogen-bond donors (Lipinski definition) is 1. The number of aromatic nitrogens is 1. The van der Waals surface area contributed by atoms with Crippen molar-refractivity contribution < 1.29 is 19.4 Å². The number of pyridine rings is 1. The highest BCUT2D eigenvalue weighted by Gasteiger charge is 2.07. The molecule has 0 radical (unpaired) electrons. The minimum Gasteiger partial charge on any atom is -0.490 e. The average Bonchev–Trinajstić information content (AvgIpc) is 2.52. The van der Waals surface area contributed by atoms with E-state index < -0.39 is 5.97 Å². The normalized spacial score (nSPS) is 10.1. The number of hydrogen-bond acceptors (Lipinski definition) is 4. The zero-order valence-corrected chi connectivity index (χ0v) is 11.8. The molecule has 0 spiro atoms. The van der Waals surface area contributed by atoms with E-state index in [0.29, 0.717) is 23.8 Å². The lowest BCUT2D eigenvalue weighted by Crippen LogP contribution is -2.05. The number of ether oxygens (including phenoxy) is 2. The Morgan fingerprint density at radius 3 is 2.48 bits per heavy atom. The predicted octanol–water partition coefficient (Wildman–Crippen LogP) is 3.15. The summed E-state index contributed by atoms with van der Waals surface area (Å²) in [6.45, 7) is 2.84. The fourth-order valence-corrected chi connectivity index (χ4v) is 1.73. The molecule has 0 atom stereocenters. The number of rotatable bonds is 7. The van der Waals surface area contributed by atoms with Crippen LogP contribution in [0, 0.1) is 0 Å². The number of para-hydroxylation sites is 2. The smallest absolute Gasteiger partial charge is 0.354 e. The Labute approximate surface area is 123 Å². The third-order valence-electron chi connectivity index (χ3n) is 2.71. The summed E-state index contributed by atoms with van der Waals surface area (Å²) in [6, 6.07) is 12.2. The van der Waals surface area contributed by atoms with Gasteiger partial charge in [0.1, 0.15) is 12.3 Å². The molecule has 1 aromatic heterocycles. The quantitative estimate of drug-likeness (QED) is 0.847. The molecule has 1 N–H and O–H groups in total. The molecule has 0 amide bonds. The largest absolute Gasteiger partial charge is 0.490 e. The SMILES string of the molecule is CCCOc1ccccc1OCc1cccc(C(=O)O)n1. The van der Waals surface area contributed by atoms with Crippen LogP contribution >= 0.6 is 0 Å². The molecule has 21 heavy (non-hydrogen) atoms. The van der Waals surface area contributed by atoms with Crippen LogP contribution in [0.2, 0.25) is 0 Å². The van der Waals surface area contributed by atoms with Crippen LogP contribution in [0.3, 0.4) is 0 Å². The predicted molar refractivity (Wildman–Crippen MR) is 77.8 cm³/mol. The van der Waals surface area contributed by atoms with E-state index in [9.17, 15) is 4.79 Å². The number of carboxylic acid groups (broad SMARTS) is 1. The van der Waals surface area contributed by atoms with Gasteiger partial charge in [-0.2, -0.15) is 0 Å². The molecule has 2 rings (SSSR count). The maximum atomic E-state index is 10.9. The zero-order valence-electron chi connectivity index (χ0n) is 11.8. The number of carboxylic acids is 1. The Hall–Kier alpha value is -2.56. The molecule has 0 saturated carbocycles. The third-order valence-corrected chi connectivity index (χ3v) is 2.71. The van der Waals surface area contributed by atoms with E-state index in [1.54, 1.807) is 12.1 Å². The Kier molecular flexibility index (Phi) is 5.15. The fraction of sp³-hybridized carbons (Fsp3) is 0.250. The van der Waals surface area contributed by atoms with E-state index in [-0.39, 0.29) is 12.3 Å². The van der Waals surface area contributed by atoms with Crippen molar-refractivity contribution in [3.63, 3.8) is 0 Å². The highest BCUT2D eigenvalue weighted by Crippen LogP contribution is 2.27. The van der Waals surface area contributed by atoms with Crippen molar-refractivity contribution in [2.75, 3.05) is 6.61 Å². The van der Waals surface area contributed by atoms with Gasteiger partial charge in [0.15, 0.2) is 11.5 Å². The van der Waals surface area contributed by atoms with E-state index in [1.807, 2.05) is 31.2 Å². The second kappa shape index (κ2) is 7.28. The van der Waals surface area contributed by atoms with Gasteiger partial charge >= 0.3 is 5.97 Å². The molecule has 0 unspecified atom stereocenters. The van der Waals surface area contributed by atoms with Gasteiger partial charge in [-0.15, -0.1) is 0 Å². The van der Waals surface area contributed by atoms with Crippen molar-refractivity contribution in [2.24, 2.45) is 0 Å². The number of nitrogens with zero attached hydrogens (tertiary/aromatic N) is 1. The standard InChI is InChI=1S/C16H17NO4/c1-2-10-20-14-8-3-4-9-15(14)21-11-12-6-5-7-13(17-12)16(18)19/h3-9H,2,10-11H2,1H3,(H,18,19). The Balaban J connectivity index is 2.06.